The van der Waals surface area contributed by atoms with Crippen LogP contribution < -0.4 is 10.6 Å². The third-order valence-corrected chi connectivity index (χ3v) is 5.64. The van der Waals surface area contributed by atoms with E-state index < -0.39 is 0 Å². The second kappa shape index (κ2) is 10.9. The number of nitrogens with zero attached hydrogens (tertiary/aromatic N) is 2. The summed E-state index contributed by atoms with van der Waals surface area (Å²) in [4.78, 5) is 21.2. The van der Waals surface area contributed by atoms with Crippen LogP contribution in [0.25, 0.3) is 0 Å². The van der Waals surface area contributed by atoms with E-state index in [1.54, 1.807) is 7.05 Å². The van der Waals surface area contributed by atoms with Gasteiger partial charge in [-0.3, -0.25) is 9.79 Å². The Morgan fingerprint density at radius 3 is 2.36 bits per heavy atom. The van der Waals surface area contributed by atoms with E-state index in [0.29, 0.717) is 12.6 Å². The second-order valence-corrected chi connectivity index (χ2v) is 8.23. The number of hydrogen-bond acceptors (Lipinski definition) is 3. The van der Waals surface area contributed by atoms with Crippen molar-refractivity contribution in [3.05, 3.63) is 57.3 Å². The summed E-state index contributed by atoms with van der Waals surface area (Å²) >= 11 is 1.84. The maximum atomic E-state index is 12.4. The lowest BCUT2D eigenvalue weighted by molar-refractivity contribution is 0.0773. The molecule has 0 spiro atoms. The lowest BCUT2D eigenvalue weighted by atomic mass is 10.1. The minimum atomic E-state index is 0.0830. The van der Waals surface area contributed by atoms with E-state index >= 15 is 0 Å². The predicted molar refractivity (Wildman–Crippen MR) is 119 cm³/mol. The summed E-state index contributed by atoms with van der Waals surface area (Å²) in [6, 6.07) is 12.4. The van der Waals surface area contributed by atoms with Crippen molar-refractivity contribution in [3.8, 4) is 0 Å². The fraction of sp³-hybridized carbons (Fsp3) is 0.455. The summed E-state index contributed by atoms with van der Waals surface area (Å²) in [6.07, 6.45) is 0.974. The van der Waals surface area contributed by atoms with Crippen molar-refractivity contribution in [2.24, 2.45) is 4.99 Å². The van der Waals surface area contributed by atoms with E-state index in [9.17, 15) is 4.79 Å². The number of nitrogens with one attached hydrogen (secondary N) is 2. The molecule has 2 N–H and O–H groups in total. The molecule has 0 saturated carbocycles. The van der Waals surface area contributed by atoms with Crippen LogP contribution in [0.4, 0.5) is 0 Å². The van der Waals surface area contributed by atoms with Crippen LogP contribution in [0.2, 0.25) is 0 Å². The van der Waals surface area contributed by atoms with Gasteiger partial charge in [0.25, 0.3) is 5.91 Å². The Morgan fingerprint density at radius 1 is 1.14 bits per heavy atom. The van der Waals surface area contributed by atoms with Gasteiger partial charge >= 0.3 is 0 Å². The van der Waals surface area contributed by atoms with Gasteiger partial charge in [0.1, 0.15) is 0 Å². The molecule has 28 heavy (non-hydrogen) atoms. The quantitative estimate of drug-likeness (QED) is 0.523. The molecule has 6 heteroatoms. The van der Waals surface area contributed by atoms with Crippen LogP contribution >= 0.6 is 11.3 Å². The van der Waals surface area contributed by atoms with Crippen LogP contribution in [0.15, 0.2) is 41.4 Å². The number of carbonyl (C=O) groups is 1. The highest BCUT2D eigenvalue weighted by Crippen LogP contribution is 2.16. The highest BCUT2D eigenvalue weighted by atomic mass is 32.1. The molecule has 1 amide bonds. The summed E-state index contributed by atoms with van der Waals surface area (Å²) in [7, 11) is 1.78. The van der Waals surface area contributed by atoms with Gasteiger partial charge in [0.2, 0.25) is 0 Å². The standard InChI is InChI=1S/C22H32N4OS/c1-6-26(7-2)21(27)19-11-9-18(10-12-19)15-24-22(23-5)25-16(3)14-20-13-8-17(4)28-20/h8-13,16H,6-7,14-15H2,1-5H3,(H2,23,24,25). The van der Waals surface area contributed by atoms with Crippen LogP contribution in [0, 0.1) is 6.92 Å². The fourth-order valence-electron chi connectivity index (χ4n) is 3.02. The van der Waals surface area contributed by atoms with Gasteiger partial charge in [0.15, 0.2) is 5.96 Å². The number of carbonyl (C=O) groups excluding carboxylic acids is 1. The normalized spacial score (nSPS) is 12.5. The van der Waals surface area contributed by atoms with E-state index in [4.69, 9.17) is 0 Å². The molecule has 0 aliphatic carbocycles. The Bertz CT molecular complexity index is 778. The molecule has 1 heterocycles. The number of aryl methyl sites for hydroxylation is 1. The first-order chi connectivity index (χ1) is 13.5. The summed E-state index contributed by atoms with van der Waals surface area (Å²) < 4.78 is 0. The summed E-state index contributed by atoms with van der Waals surface area (Å²) in [5.41, 5.74) is 1.84. The number of benzene rings is 1. The molecule has 0 aliphatic heterocycles. The Balaban J connectivity index is 1.86. The van der Waals surface area contributed by atoms with Crippen LogP contribution in [0.3, 0.4) is 0 Å². The molecule has 1 aromatic carbocycles. The van der Waals surface area contributed by atoms with Crippen molar-refractivity contribution in [3.63, 3.8) is 0 Å². The molecule has 5 nitrogen and oxygen atoms in total. The Labute approximate surface area is 172 Å². The van der Waals surface area contributed by atoms with Gasteiger partial charge in [-0.2, -0.15) is 0 Å². The first-order valence-electron chi connectivity index (χ1n) is 9.87. The smallest absolute Gasteiger partial charge is 0.253 e. The molecule has 1 atom stereocenters. The SMILES string of the molecule is CCN(CC)C(=O)c1ccc(CNC(=NC)NC(C)Cc2ccc(C)s2)cc1. The molecule has 1 unspecified atom stereocenters. The maximum absolute atomic E-state index is 12.4. The topological polar surface area (TPSA) is 56.7 Å². The zero-order valence-electron chi connectivity index (χ0n) is 17.6. The van der Waals surface area contributed by atoms with Crippen LogP contribution in [0.5, 0.6) is 0 Å². The average Bonchev–Trinajstić information content (AvgIpc) is 3.10. The van der Waals surface area contributed by atoms with Crippen molar-refractivity contribution in [1.29, 1.82) is 0 Å². The number of amides is 1. The number of thiophene rings is 1. The van der Waals surface area contributed by atoms with Gasteiger partial charge in [0.05, 0.1) is 0 Å². The molecule has 152 valence electrons. The van der Waals surface area contributed by atoms with E-state index in [1.165, 1.54) is 9.75 Å². The van der Waals surface area contributed by atoms with E-state index in [-0.39, 0.29) is 5.91 Å². The molecule has 1 aromatic heterocycles. The monoisotopic (exact) mass is 400 g/mol. The predicted octanol–water partition coefficient (Wildman–Crippen LogP) is 3.83. The van der Waals surface area contributed by atoms with E-state index in [2.05, 4.69) is 41.6 Å². The summed E-state index contributed by atoms with van der Waals surface area (Å²) in [5, 5.41) is 6.79. The van der Waals surface area contributed by atoms with Crippen molar-refractivity contribution < 1.29 is 4.79 Å². The van der Waals surface area contributed by atoms with E-state index in [0.717, 1.165) is 36.6 Å². The van der Waals surface area contributed by atoms with Crippen LogP contribution in [0.1, 0.15) is 46.4 Å². The molecule has 0 aliphatic rings. The van der Waals surface area contributed by atoms with Crippen molar-refractivity contribution in [1.82, 2.24) is 15.5 Å². The number of guanidine groups is 1. The Morgan fingerprint density at radius 2 is 1.82 bits per heavy atom. The number of hydrogen-bond donors (Lipinski definition) is 2. The lowest BCUT2D eigenvalue weighted by Crippen LogP contribution is -2.42. The summed E-state index contributed by atoms with van der Waals surface area (Å²) in [5.74, 6) is 0.865. The molecule has 0 saturated heterocycles. The minimum absolute atomic E-state index is 0.0830. The average molecular weight is 401 g/mol. The van der Waals surface area contributed by atoms with E-state index in [1.807, 2.05) is 54.3 Å². The van der Waals surface area contributed by atoms with Crippen molar-refractivity contribution >= 4 is 23.2 Å². The highest BCUT2D eigenvalue weighted by molar-refractivity contribution is 7.11. The first-order valence-corrected chi connectivity index (χ1v) is 10.7. The van der Waals surface area contributed by atoms with Gasteiger partial charge in [0, 0.05) is 54.5 Å². The zero-order valence-corrected chi connectivity index (χ0v) is 18.4. The lowest BCUT2D eigenvalue weighted by Gasteiger charge is -2.19. The van der Waals surface area contributed by atoms with Crippen LogP contribution in [-0.4, -0.2) is 42.9 Å². The van der Waals surface area contributed by atoms with Crippen molar-refractivity contribution in [2.45, 2.75) is 46.7 Å². The number of rotatable bonds is 8. The Kier molecular flexibility index (Phi) is 8.51. The maximum Gasteiger partial charge on any atom is 0.253 e. The van der Waals surface area contributed by atoms with Gasteiger partial charge in [-0.25, -0.2) is 0 Å². The second-order valence-electron chi connectivity index (χ2n) is 6.86. The largest absolute Gasteiger partial charge is 0.354 e. The molecule has 2 rings (SSSR count). The van der Waals surface area contributed by atoms with Gasteiger partial charge in [-0.1, -0.05) is 12.1 Å². The van der Waals surface area contributed by atoms with Gasteiger partial charge in [-0.15, -0.1) is 11.3 Å². The number of aliphatic imine (C=N–C) groups is 1. The molecule has 0 radical (unpaired) electrons. The zero-order chi connectivity index (χ0) is 20.5. The highest BCUT2D eigenvalue weighted by Gasteiger charge is 2.12. The third kappa shape index (κ3) is 6.37. The van der Waals surface area contributed by atoms with Gasteiger partial charge < -0.3 is 15.5 Å². The van der Waals surface area contributed by atoms with Crippen LogP contribution in [-0.2, 0) is 13.0 Å². The molecule has 0 fully saturated rings. The van der Waals surface area contributed by atoms with Gasteiger partial charge in [-0.05, 0) is 57.5 Å². The first kappa shape index (κ1) is 22.0. The molecular formula is C22H32N4OS. The molecular weight excluding hydrogens is 368 g/mol. The molecule has 0 bridgehead atoms. The van der Waals surface area contributed by atoms with Crippen molar-refractivity contribution in [2.75, 3.05) is 20.1 Å². The minimum Gasteiger partial charge on any atom is -0.354 e. The Hall–Kier alpha value is -2.34. The third-order valence-electron chi connectivity index (χ3n) is 4.62. The fourth-order valence-corrected chi connectivity index (χ4v) is 4.04. The molecule has 2 aromatic rings. The summed E-state index contributed by atoms with van der Waals surface area (Å²) in [6.45, 7) is 10.4.